The van der Waals surface area contributed by atoms with Gasteiger partial charge in [-0.3, -0.25) is 19.4 Å². The first-order chi connectivity index (χ1) is 18.7. The maximum atomic E-state index is 13.5. The van der Waals surface area contributed by atoms with Crippen molar-refractivity contribution in [3.05, 3.63) is 84.2 Å². The molecule has 1 aliphatic heterocycles. The fraction of sp³-hybridized carbons (Fsp3) is 0.379. The minimum Gasteiger partial charge on any atom is -0.491 e. The van der Waals surface area contributed by atoms with Gasteiger partial charge in [-0.1, -0.05) is 31.2 Å². The van der Waals surface area contributed by atoms with E-state index < -0.39 is 10.0 Å². The number of hydrogen-bond donors (Lipinski definition) is 1. The molecule has 0 saturated carbocycles. The van der Waals surface area contributed by atoms with Gasteiger partial charge in [0.1, 0.15) is 12.4 Å². The van der Waals surface area contributed by atoms with Crippen molar-refractivity contribution in [3.63, 3.8) is 0 Å². The standard InChI is InChI=1S/C29H36N4O5S/c1-21-17-33(18-23-9-8-14-30-16-23)22(2)20-38-27-15-24(31-39(35,36)25-10-6-5-7-11-25)12-13-26(27)29(34)32(3)19-28(21)37-4/h5-16,21-22,28,31H,17-20H2,1-4H3/t21-,22-,28-/m1/s1. The lowest BCUT2D eigenvalue weighted by atomic mass is 10.0. The summed E-state index contributed by atoms with van der Waals surface area (Å²) in [4.78, 5) is 21.8. The second-order valence-corrected chi connectivity index (χ2v) is 11.7. The number of carbonyl (C=O) groups excluding carboxylic acids is 1. The van der Waals surface area contributed by atoms with E-state index in [1.54, 1.807) is 61.7 Å². The second-order valence-electron chi connectivity index (χ2n) is 10.0. The van der Waals surface area contributed by atoms with Crippen LogP contribution in [0.15, 0.2) is 78.0 Å². The van der Waals surface area contributed by atoms with E-state index in [9.17, 15) is 13.2 Å². The first-order valence-corrected chi connectivity index (χ1v) is 14.4. The van der Waals surface area contributed by atoms with E-state index in [-0.39, 0.29) is 28.9 Å². The van der Waals surface area contributed by atoms with Crippen molar-refractivity contribution in [3.8, 4) is 5.75 Å². The molecular formula is C29H36N4O5S. The number of ether oxygens (including phenoxy) is 2. The van der Waals surface area contributed by atoms with Crippen molar-refractivity contribution < 1.29 is 22.7 Å². The van der Waals surface area contributed by atoms with E-state index in [0.717, 1.165) is 12.1 Å². The molecule has 1 N–H and O–H groups in total. The van der Waals surface area contributed by atoms with Crippen molar-refractivity contribution in [2.45, 2.75) is 37.4 Å². The Bertz CT molecular complexity index is 1350. The zero-order chi connectivity index (χ0) is 28.0. The van der Waals surface area contributed by atoms with Crippen LogP contribution in [0.3, 0.4) is 0 Å². The third-order valence-electron chi connectivity index (χ3n) is 6.99. The lowest BCUT2D eigenvalue weighted by Crippen LogP contribution is -2.46. The fourth-order valence-corrected chi connectivity index (χ4v) is 5.74. The lowest BCUT2D eigenvalue weighted by molar-refractivity contribution is 0.00920. The van der Waals surface area contributed by atoms with Crippen LogP contribution in [-0.2, 0) is 21.3 Å². The van der Waals surface area contributed by atoms with Gasteiger partial charge in [-0.15, -0.1) is 0 Å². The first kappa shape index (κ1) is 28.5. The van der Waals surface area contributed by atoms with E-state index in [4.69, 9.17) is 9.47 Å². The minimum absolute atomic E-state index is 0.0186. The minimum atomic E-state index is -3.81. The zero-order valence-electron chi connectivity index (χ0n) is 22.8. The number of hydrogen-bond acceptors (Lipinski definition) is 7. The number of rotatable bonds is 6. The molecule has 0 radical (unpaired) electrons. The van der Waals surface area contributed by atoms with Crippen molar-refractivity contribution in [1.29, 1.82) is 0 Å². The number of nitrogens with one attached hydrogen (secondary N) is 1. The predicted octanol–water partition coefficient (Wildman–Crippen LogP) is 3.89. The van der Waals surface area contributed by atoms with E-state index in [2.05, 4.69) is 28.5 Å². The highest BCUT2D eigenvalue weighted by Gasteiger charge is 2.29. The largest absolute Gasteiger partial charge is 0.491 e. The monoisotopic (exact) mass is 552 g/mol. The maximum Gasteiger partial charge on any atom is 0.261 e. The number of nitrogens with zero attached hydrogens (tertiary/aromatic N) is 3. The van der Waals surface area contributed by atoms with Gasteiger partial charge < -0.3 is 14.4 Å². The third kappa shape index (κ3) is 7.14. The molecule has 4 rings (SSSR count). The zero-order valence-corrected chi connectivity index (χ0v) is 23.6. The number of anilines is 1. The Hall–Kier alpha value is -3.47. The highest BCUT2D eigenvalue weighted by Crippen LogP contribution is 2.28. The van der Waals surface area contributed by atoms with Crippen LogP contribution in [0.1, 0.15) is 29.8 Å². The number of likely N-dealkylation sites (N-methyl/N-ethyl adjacent to an activating group) is 1. The Balaban J connectivity index is 1.66. The Morgan fingerprint density at radius 3 is 2.54 bits per heavy atom. The van der Waals surface area contributed by atoms with Crippen LogP contribution in [0, 0.1) is 5.92 Å². The van der Waals surface area contributed by atoms with Crippen LogP contribution in [0.4, 0.5) is 5.69 Å². The SMILES string of the molecule is CO[C@@H]1CN(C)C(=O)c2ccc(NS(=O)(=O)c3ccccc3)cc2OC[C@@H](C)N(Cc2cccnc2)C[C@H]1C. The number of fused-ring (bicyclic) bond motifs is 1. The Morgan fingerprint density at radius 1 is 1.08 bits per heavy atom. The van der Waals surface area contributed by atoms with Crippen LogP contribution in [0.5, 0.6) is 5.75 Å². The molecule has 39 heavy (non-hydrogen) atoms. The van der Waals surface area contributed by atoms with E-state index >= 15 is 0 Å². The molecule has 0 saturated heterocycles. The highest BCUT2D eigenvalue weighted by atomic mass is 32.2. The Kier molecular flexibility index (Phi) is 9.21. The summed E-state index contributed by atoms with van der Waals surface area (Å²) in [5.41, 5.74) is 1.75. The van der Waals surface area contributed by atoms with Gasteiger partial charge in [-0.25, -0.2) is 8.42 Å². The number of carbonyl (C=O) groups is 1. The number of amides is 1. The average molecular weight is 553 g/mol. The van der Waals surface area contributed by atoms with Gasteiger partial charge in [0.15, 0.2) is 0 Å². The second kappa shape index (κ2) is 12.6. The molecular weight excluding hydrogens is 516 g/mol. The number of sulfonamides is 1. The maximum absolute atomic E-state index is 13.5. The lowest BCUT2D eigenvalue weighted by Gasteiger charge is -2.36. The van der Waals surface area contributed by atoms with Crippen LogP contribution < -0.4 is 9.46 Å². The molecule has 9 nitrogen and oxygen atoms in total. The van der Waals surface area contributed by atoms with Crippen molar-refractivity contribution in [2.24, 2.45) is 5.92 Å². The molecule has 0 bridgehead atoms. The number of pyridine rings is 1. The smallest absolute Gasteiger partial charge is 0.261 e. The number of methoxy groups -OCH3 is 1. The molecule has 1 aromatic heterocycles. The molecule has 208 valence electrons. The summed E-state index contributed by atoms with van der Waals surface area (Å²) in [6.45, 7) is 6.30. The van der Waals surface area contributed by atoms with Gasteiger partial charge in [0.25, 0.3) is 15.9 Å². The molecule has 10 heteroatoms. The van der Waals surface area contributed by atoms with Crippen LogP contribution >= 0.6 is 0 Å². The summed E-state index contributed by atoms with van der Waals surface area (Å²) >= 11 is 0. The molecule has 3 aromatic rings. The van der Waals surface area contributed by atoms with E-state index in [1.165, 1.54) is 12.1 Å². The summed E-state index contributed by atoms with van der Waals surface area (Å²) in [7, 11) is -0.403. The normalized spacial score (nSPS) is 21.3. The van der Waals surface area contributed by atoms with Crippen LogP contribution in [0.2, 0.25) is 0 Å². The third-order valence-corrected chi connectivity index (χ3v) is 8.39. The van der Waals surface area contributed by atoms with Crippen molar-refractivity contribution in [1.82, 2.24) is 14.8 Å². The quantitative estimate of drug-likeness (QED) is 0.495. The van der Waals surface area contributed by atoms with Crippen LogP contribution in [-0.4, -0.2) is 75.1 Å². The Morgan fingerprint density at radius 2 is 1.85 bits per heavy atom. The molecule has 0 unspecified atom stereocenters. The van der Waals surface area contributed by atoms with E-state index in [0.29, 0.717) is 36.7 Å². The van der Waals surface area contributed by atoms with Gasteiger partial charge in [0, 0.05) is 58.3 Å². The summed E-state index contributed by atoms with van der Waals surface area (Å²) in [6.07, 6.45) is 3.43. The van der Waals surface area contributed by atoms with Gasteiger partial charge in [-0.05, 0) is 48.7 Å². The molecule has 0 aliphatic carbocycles. The number of aromatic nitrogens is 1. The van der Waals surface area contributed by atoms with E-state index in [1.807, 2.05) is 18.3 Å². The van der Waals surface area contributed by atoms with Gasteiger partial charge in [-0.2, -0.15) is 0 Å². The number of benzene rings is 2. The Labute approximate surface area is 230 Å². The molecule has 3 atom stereocenters. The fourth-order valence-electron chi connectivity index (χ4n) is 4.67. The first-order valence-electron chi connectivity index (χ1n) is 12.9. The van der Waals surface area contributed by atoms with Crippen LogP contribution in [0.25, 0.3) is 0 Å². The predicted molar refractivity (Wildman–Crippen MR) is 150 cm³/mol. The van der Waals surface area contributed by atoms with Crippen molar-refractivity contribution >= 4 is 21.6 Å². The van der Waals surface area contributed by atoms with Crippen molar-refractivity contribution in [2.75, 3.05) is 38.6 Å². The molecule has 0 spiro atoms. The molecule has 1 aliphatic rings. The topological polar surface area (TPSA) is 101 Å². The highest BCUT2D eigenvalue weighted by molar-refractivity contribution is 7.92. The molecule has 2 heterocycles. The van der Waals surface area contributed by atoms with Gasteiger partial charge in [0.2, 0.25) is 0 Å². The molecule has 0 fully saturated rings. The molecule has 2 aromatic carbocycles. The molecule has 1 amide bonds. The summed E-state index contributed by atoms with van der Waals surface area (Å²) in [6, 6.07) is 16.8. The summed E-state index contributed by atoms with van der Waals surface area (Å²) < 4.78 is 40.5. The van der Waals surface area contributed by atoms with Gasteiger partial charge in [0.05, 0.1) is 22.3 Å². The summed E-state index contributed by atoms with van der Waals surface area (Å²) in [5, 5.41) is 0. The van der Waals surface area contributed by atoms with Gasteiger partial charge >= 0.3 is 0 Å². The summed E-state index contributed by atoms with van der Waals surface area (Å²) in [5.74, 6) is 0.228. The average Bonchev–Trinajstić information content (AvgIpc) is 2.94.